The van der Waals surface area contributed by atoms with Crippen molar-refractivity contribution in [1.29, 1.82) is 0 Å². The average molecular weight is 513 g/mol. The second-order valence-electron chi connectivity index (χ2n) is 8.43. The van der Waals surface area contributed by atoms with Crippen LogP contribution in [0.5, 0.6) is 0 Å². The molecule has 0 atom stereocenters. The second kappa shape index (κ2) is 10.5. The summed E-state index contributed by atoms with van der Waals surface area (Å²) in [5.41, 5.74) is 11.3. The van der Waals surface area contributed by atoms with E-state index in [2.05, 4.69) is 28.6 Å². The number of carbonyl (C=O) groups is 1. The standard InChI is InChI=1S/C25H26ClFN6OS/c1-16-14-32(15-17(2)33(16)24(34)18-5-7-20(26)8-6-18)23-12-22(31-9-3-4-10-31)19(11-21(23)27)13-29-30-25(28)35/h5-8,11-13H,1-4,9-10,14-15H2,(H3,28,30,35)/b29-13+. The number of benzene rings is 2. The van der Waals surface area contributed by atoms with E-state index in [0.29, 0.717) is 33.2 Å². The van der Waals surface area contributed by atoms with Crippen molar-refractivity contribution in [2.24, 2.45) is 10.8 Å². The maximum atomic E-state index is 15.4. The Kier molecular flexibility index (Phi) is 7.37. The van der Waals surface area contributed by atoms with Crippen LogP contribution < -0.4 is 21.0 Å². The smallest absolute Gasteiger partial charge is 0.262 e. The fourth-order valence-corrected chi connectivity index (χ4v) is 4.53. The lowest BCUT2D eigenvalue weighted by Crippen LogP contribution is -2.45. The Hall–Kier alpha value is -3.43. The minimum absolute atomic E-state index is 0.0316. The third-order valence-electron chi connectivity index (χ3n) is 5.94. The van der Waals surface area contributed by atoms with Gasteiger partial charge in [0.05, 0.1) is 25.0 Å². The largest absolute Gasteiger partial charge is 0.375 e. The van der Waals surface area contributed by atoms with Crippen LogP contribution >= 0.6 is 23.8 Å². The zero-order valence-electron chi connectivity index (χ0n) is 19.1. The Labute approximate surface area is 214 Å². The molecule has 2 saturated heterocycles. The lowest BCUT2D eigenvalue weighted by atomic mass is 10.1. The van der Waals surface area contributed by atoms with Gasteiger partial charge in [0, 0.05) is 46.3 Å². The number of amides is 1. The Morgan fingerprint density at radius 2 is 1.71 bits per heavy atom. The number of nitrogens with zero attached hydrogens (tertiary/aromatic N) is 4. The molecule has 0 aliphatic carbocycles. The van der Waals surface area contributed by atoms with Gasteiger partial charge >= 0.3 is 0 Å². The monoisotopic (exact) mass is 512 g/mol. The van der Waals surface area contributed by atoms with E-state index in [9.17, 15) is 4.79 Å². The highest BCUT2D eigenvalue weighted by Gasteiger charge is 2.30. The fourth-order valence-electron chi connectivity index (χ4n) is 4.35. The number of halogens is 2. The van der Waals surface area contributed by atoms with Gasteiger partial charge in [0.2, 0.25) is 0 Å². The quantitative estimate of drug-likeness (QED) is 0.354. The first kappa shape index (κ1) is 24.7. The van der Waals surface area contributed by atoms with Gasteiger partial charge in [-0.05, 0) is 61.5 Å². The van der Waals surface area contributed by atoms with Gasteiger partial charge in [-0.1, -0.05) is 24.8 Å². The summed E-state index contributed by atoms with van der Waals surface area (Å²) in [7, 11) is 0. The molecule has 2 aromatic rings. The first-order valence-corrected chi connectivity index (χ1v) is 11.9. The summed E-state index contributed by atoms with van der Waals surface area (Å²) in [6.45, 7) is 10.4. The molecule has 0 aromatic heterocycles. The number of rotatable bonds is 5. The number of hydrazone groups is 1. The van der Waals surface area contributed by atoms with Gasteiger partial charge in [0.15, 0.2) is 5.11 Å². The molecule has 0 unspecified atom stereocenters. The van der Waals surface area contributed by atoms with Crippen LogP contribution in [0.25, 0.3) is 0 Å². The van der Waals surface area contributed by atoms with Gasteiger partial charge in [-0.25, -0.2) is 4.39 Å². The summed E-state index contributed by atoms with van der Waals surface area (Å²) >= 11 is 10.7. The molecule has 3 N–H and O–H groups in total. The highest BCUT2D eigenvalue weighted by Crippen LogP contribution is 2.34. The van der Waals surface area contributed by atoms with Gasteiger partial charge in [-0.15, -0.1) is 0 Å². The molecule has 2 heterocycles. The molecule has 2 aliphatic heterocycles. The number of nitrogens with two attached hydrogens (primary N) is 1. The third-order valence-corrected chi connectivity index (χ3v) is 6.28. The van der Waals surface area contributed by atoms with Crippen LogP contribution in [0.1, 0.15) is 28.8 Å². The number of nitrogens with one attached hydrogen (secondary N) is 1. The third kappa shape index (κ3) is 5.47. The molecule has 1 amide bonds. The molecule has 0 bridgehead atoms. The highest BCUT2D eigenvalue weighted by molar-refractivity contribution is 7.80. The lowest BCUT2D eigenvalue weighted by Gasteiger charge is -2.39. The molecule has 2 fully saturated rings. The van der Waals surface area contributed by atoms with Crippen LogP contribution in [-0.4, -0.2) is 48.3 Å². The molecule has 4 rings (SSSR count). The van der Waals surface area contributed by atoms with Crippen LogP contribution in [-0.2, 0) is 0 Å². The van der Waals surface area contributed by atoms with Crippen molar-refractivity contribution in [2.45, 2.75) is 12.8 Å². The summed E-state index contributed by atoms with van der Waals surface area (Å²) in [5, 5.41) is 4.59. The average Bonchev–Trinajstić information content (AvgIpc) is 3.33. The minimum atomic E-state index is -0.414. The Balaban J connectivity index is 1.60. The lowest BCUT2D eigenvalue weighted by molar-refractivity contribution is 0.0836. The number of piperazine rings is 1. The molecule has 10 heteroatoms. The summed E-state index contributed by atoms with van der Waals surface area (Å²) in [4.78, 5) is 18.6. The molecule has 35 heavy (non-hydrogen) atoms. The maximum Gasteiger partial charge on any atom is 0.262 e. The number of anilines is 2. The zero-order valence-corrected chi connectivity index (χ0v) is 20.7. The summed E-state index contributed by atoms with van der Waals surface area (Å²) in [5.74, 6) is -0.658. The van der Waals surface area contributed by atoms with E-state index >= 15 is 4.39 Å². The van der Waals surface area contributed by atoms with E-state index in [0.717, 1.165) is 31.6 Å². The number of hydrogen-bond acceptors (Lipinski definition) is 5. The van der Waals surface area contributed by atoms with E-state index < -0.39 is 5.82 Å². The van der Waals surface area contributed by atoms with E-state index in [-0.39, 0.29) is 24.1 Å². The first-order valence-electron chi connectivity index (χ1n) is 11.1. The molecule has 0 radical (unpaired) electrons. The summed E-state index contributed by atoms with van der Waals surface area (Å²) in [6.07, 6.45) is 3.64. The predicted octanol–water partition coefficient (Wildman–Crippen LogP) is 4.24. The molecule has 0 spiro atoms. The van der Waals surface area contributed by atoms with Crippen molar-refractivity contribution in [1.82, 2.24) is 10.3 Å². The first-order chi connectivity index (χ1) is 16.7. The van der Waals surface area contributed by atoms with Crippen LogP contribution in [0.15, 0.2) is 66.1 Å². The fraction of sp³-hybridized carbons (Fsp3) is 0.240. The highest BCUT2D eigenvalue weighted by atomic mass is 35.5. The Morgan fingerprint density at radius 1 is 1.09 bits per heavy atom. The number of hydrogen-bond donors (Lipinski definition) is 2. The van der Waals surface area contributed by atoms with Crippen molar-refractivity contribution in [3.63, 3.8) is 0 Å². The summed E-state index contributed by atoms with van der Waals surface area (Å²) in [6, 6.07) is 9.91. The number of carbonyl (C=O) groups excluding carboxylic acids is 1. The van der Waals surface area contributed by atoms with Crippen LogP contribution in [0, 0.1) is 5.82 Å². The normalized spacial score (nSPS) is 16.3. The molecular formula is C25H26ClFN6OS. The van der Waals surface area contributed by atoms with Gasteiger partial charge < -0.3 is 15.5 Å². The van der Waals surface area contributed by atoms with Crippen LogP contribution in [0.4, 0.5) is 15.8 Å². The summed E-state index contributed by atoms with van der Waals surface area (Å²) < 4.78 is 15.4. The molecule has 2 aromatic carbocycles. The minimum Gasteiger partial charge on any atom is -0.375 e. The van der Waals surface area contributed by atoms with Gasteiger partial charge in [0.25, 0.3) is 5.91 Å². The van der Waals surface area contributed by atoms with E-state index in [1.54, 1.807) is 24.3 Å². The zero-order chi connectivity index (χ0) is 25.1. The van der Waals surface area contributed by atoms with E-state index in [4.69, 9.17) is 29.6 Å². The maximum absolute atomic E-state index is 15.4. The molecular weight excluding hydrogens is 487 g/mol. The predicted molar refractivity (Wildman–Crippen MR) is 143 cm³/mol. The molecule has 182 valence electrons. The van der Waals surface area contributed by atoms with Gasteiger partial charge in [-0.2, -0.15) is 5.10 Å². The second-order valence-corrected chi connectivity index (χ2v) is 9.30. The topological polar surface area (TPSA) is 77.2 Å². The van der Waals surface area contributed by atoms with Gasteiger partial charge in [-0.3, -0.25) is 15.1 Å². The Morgan fingerprint density at radius 3 is 2.31 bits per heavy atom. The van der Waals surface area contributed by atoms with Crippen molar-refractivity contribution < 1.29 is 9.18 Å². The van der Waals surface area contributed by atoms with Crippen molar-refractivity contribution in [2.75, 3.05) is 36.0 Å². The van der Waals surface area contributed by atoms with Crippen molar-refractivity contribution in [3.8, 4) is 0 Å². The number of thiocarbonyl (C=S) groups is 1. The van der Waals surface area contributed by atoms with Crippen LogP contribution in [0.3, 0.4) is 0 Å². The van der Waals surface area contributed by atoms with Gasteiger partial charge in [0.1, 0.15) is 5.82 Å². The molecule has 2 aliphatic rings. The molecule has 0 saturated carbocycles. The van der Waals surface area contributed by atoms with Crippen LogP contribution in [0.2, 0.25) is 5.02 Å². The van der Waals surface area contributed by atoms with E-state index in [1.165, 1.54) is 17.2 Å². The van der Waals surface area contributed by atoms with Crippen molar-refractivity contribution in [3.05, 3.63) is 82.9 Å². The Bertz CT molecular complexity index is 1190. The molecule has 7 nitrogen and oxygen atoms in total. The SMILES string of the molecule is C=C1CN(c2cc(N3CCCC3)c(/C=N/NC(N)=S)cc2F)CC(=C)N1C(=O)c1ccc(Cl)cc1. The van der Waals surface area contributed by atoms with Crippen molar-refractivity contribution >= 4 is 52.4 Å². The van der Waals surface area contributed by atoms with E-state index in [1.807, 2.05) is 11.0 Å².